The van der Waals surface area contributed by atoms with Gasteiger partial charge in [-0.2, -0.15) is 0 Å². The van der Waals surface area contributed by atoms with Gasteiger partial charge >= 0.3 is 0 Å². The maximum Gasteiger partial charge on any atom is 0.270 e. The quantitative estimate of drug-likeness (QED) is 0.549. The summed E-state index contributed by atoms with van der Waals surface area (Å²) in [6.07, 6.45) is 4.90. The van der Waals surface area contributed by atoms with Crippen LogP contribution in [0.5, 0.6) is 0 Å². The van der Waals surface area contributed by atoms with Crippen molar-refractivity contribution in [2.45, 2.75) is 35.8 Å². The number of nitro benzene ring substituents is 1. The van der Waals surface area contributed by atoms with Crippen molar-refractivity contribution in [2.24, 2.45) is 0 Å². The third kappa shape index (κ3) is 4.32. The van der Waals surface area contributed by atoms with Crippen LogP contribution < -0.4 is 5.32 Å². The summed E-state index contributed by atoms with van der Waals surface area (Å²) < 4.78 is 0. The van der Waals surface area contributed by atoms with E-state index in [0.29, 0.717) is 5.25 Å². The molecule has 1 N–H and O–H groups in total. The molecular formula is C18H17ClN2O3S. The molecule has 0 aliphatic heterocycles. The number of hydrogen-bond donors (Lipinski definition) is 1. The molecule has 25 heavy (non-hydrogen) atoms. The van der Waals surface area contributed by atoms with Gasteiger partial charge in [0.05, 0.1) is 21.2 Å². The summed E-state index contributed by atoms with van der Waals surface area (Å²) in [7, 11) is 0. The number of benzene rings is 2. The zero-order valence-corrected chi connectivity index (χ0v) is 15.0. The van der Waals surface area contributed by atoms with Crippen LogP contribution in [0.2, 0.25) is 5.02 Å². The molecule has 2 aromatic rings. The van der Waals surface area contributed by atoms with Gasteiger partial charge in [0.15, 0.2) is 0 Å². The predicted octanol–water partition coefficient (Wildman–Crippen LogP) is 5.54. The van der Waals surface area contributed by atoms with Crippen molar-refractivity contribution in [3.63, 3.8) is 0 Å². The van der Waals surface area contributed by atoms with Gasteiger partial charge in [-0.1, -0.05) is 36.6 Å². The highest BCUT2D eigenvalue weighted by Crippen LogP contribution is 2.38. The van der Waals surface area contributed by atoms with Gasteiger partial charge in [-0.3, -0.25) is 14.9 Å². The Bertz CT molecular complexity index is 807. The molecular weight excluding hydrogens is 360 g/mol. The van der Waals surface area contributed by atoms with Gasteiger partial charge in [0.25, 0.3) is 11.6 Å². The Labute approximate surface area is 154 Å². The minimum atomic E-state index is -0.541. The van der Waals surface area contributed by atoms with E-state index in [9.17, 15) is 14.9 Å². The third-order valence-corrected chi connectivity index (χ3v) is 5.87. The lowest BCUT2D eigenvalue weighted by Gasteiger charge is -2.14. The molecule has 0 aromatic heterocycles. The van der Waals surface area contributed by atoms with Gasteiger partial charge in [-0.05, 0) is 31.0 Å². The number of carbonyl (C=O) groups is 1. The molecule has 1 amide bonds. The van der Waals surface area contributed by atoms with Gasteiger partial charge in [-0.15, -0.1) is 11.8 Å². The summed E-state index contributed by atoms with van der Waals surface area (Å²) in [6, 6.07) is 11.5. The number of anilines is 1. The van der Waals surface area contributed by atoms with E-state index < -0.39 is 4.92 Å². The van der Waals surface area contributed by atoms with Crippen LogP contribution in [-0.2, 0) is 0 Å². The smallest absolute Gasteiger partial charge is 0.270 e. The second-order valence-corrected chi connectivity index (χ2v) is 7.65. The topological polar surface area (TPSA) is 72.2 Å². The summed E-state index contributed by atoms with van der Waals surface area (Å²) in [5.41, 5.74) is 0.811. The molecule has 5 nitrogen and oxygen atoms in total. The highest BCUT2D eigenvalue weighted by molar-refractivity contribution is 8.00. The number of rotatable bonds is 5. The number of para-hydroxylation sites is 1. The average molecular weight is 377 g/mol. The van der Waals surface area contributed by atoms with E-state index in [0.717, 1.165) is 10.6 Å². The molecule has 2 aromatic carbocycles. The SMILES string of the molecule is O=C(Nc1ccccc1SC1CCCC1)c1ccc([N+](=O)[O-])cc1Cl. The van der Waals surface area contributed by atoms with E-state index >= 15 is 0 Å². The average Bonchev–Trinajstić information content (AvgIpc) is 3.09. The van der Waals surface area contributed by atoms with Gasteiger partial charge < -0.3 is 5.32 Å². The summed E-state index contributed by atoms with van der Waals surface area (Å²) >= 11 is 7.83. The lowest BCUT2D eigenvalue weighted by atomic mass is 10.2. The fourth-order valence-electron chi connectivity index (χ4n) is 2.85. The van der Waals surface area contributed by atoms with Gasteiger partial charge in [0, 0.05) is 22.3 Å². The van der Waals surface area contributed by atoms with Crippen LogP contribution in [0.15, 0.2) is 47.4 Å². The molecule has 0 radical (unpaired) electrons. The van der Waals surface area contributed by atoms with E-state index in [2.05, 4.69) is 5.32 Å². The Morgan fingerprint density at radius 2 is 1.92 bits per heavy atom. The second-order valence-electron chi connectivity index (χ2n) is 5.90. The van der Waals surface area contributed by atoms with Gasteiger partial charge in [-0.25, -0.2) is 0 Å². The molecule has 0 spiro atoms. The molecule has 1 aliphatic rings. The monoisotopic (exact) mass is 376 g/mol. The minimum absolute atomic E-state index is 0.0626. The van der Waals surface area contributed by atoms with Crippen molar-refractivity contribution in [3.05, 3.63) is 63.2 Å². The fourth-order valence-corrected chi connectivity index (χ4v) is 4.44. The fraction of sp³-hybridized carbons (Fsp3) is 0.278. The Kier molecular flexibility index (Phi) is 5.60. The number of non-ortho nitro benzene ring substituents is 1. The first-order valence-corrected chi connectivity index (χ1v) is 9.31. The van der Waals surface area contributed by atoms with Gasteiger partial charge in [0.1, 0.15) is 0 Å². The van der Waals surface area contributed by atoms with Crippen LogP contribution in [0.3, 0.4) is 0 Å². The van der Waals surface area contributed by atoms with Crippen LogP contribution in [-0.4, -0.2) is 16.1 Å². The first-order valence-electron chi connectivity index (χ1n) is 8.05. The van der Waals surface area contributed by atoms with E-state index in [4.69, 9.17) is 11.6 Å². The molecule has 1 fully saturated rings. The van der Waals surface area contributed by atoms with E-state index in [1.54, 1.807) is 11.8 Å². The molecule has 1 aliphatic carbocycles. The highest BCUT2D eigenvalue weighted by atomic mass is 35.5. The first-order chi connectivity index (χ1) is 12.0. The summed E-state index contributed by atoms with van der Waals surface area (Å²) in [6.45, 7) is 0. The zero-order valence-electron chi connectivity index (χ0n) is 13.4. The number of nitro groups is 1. The molecule has 0 bridgehead atoms. The Balaban J connectivity index is 1.78. The largest absolute Gasteiger partial charge is 0.321 e. The number of carbonyl (C=O) groups excluding carboxylic acids is 1. The molecule has 130 valence electrons. The van der Waals surface area contributed by atoms with Crippen LogP contribution >= 0.6 is 23.4 Å². The Morgan fingerprint density at radius 1 is 1.20 bits per heavy atom. The number of hydrogen-bond acceptors (Lipinski definition) is 4. The van der Waals surface area contributed by atoms with Crippen molar-refractivity contribution >= 4 is 40.6 Å². The predicted molar refractivity (Wildman–Crippen MR) is 101 cm³/mol. The van der Waals surface area contributed by atoms with Crippen molar-refractivity contribution < 1.29 is 9.72 Å². The lowest BCUT2D eigenvalue weighted by molar-refractivity contribution is -0.384. The normalized spacial score (nSPS) is 14.4. The Hall–Kier alpha value is -2.05. The molecule has 0 heterocycles. The second kappa shape index (κ2) is 7.89. The van der Waals surface area contributed by atoms with Crippen molar-refractivity contribution in [3.8, 4) is 0 Å². The van der Waals surface area contributed by atoms with Crippen molar-refractivity contribution in [1.29, 1.82) is 0 Å². The summed E-state index contributed by atoms with van der Waals surface area (Å²) in [4.78, 5) is 23.8. The van der Waals surface area contributed by atoms with Crippen LogP contribution in [0.25, 0.3) is 0 Å². The van der Waals surface area contributed by atoms with Crippen molar-refractivity contribution in [1.82, 2.24) is 0 Å². The number of halogens is 1. The third-order valence-electron chi connectivity index (χ3n) is 4.14. The maximum atomic E-state index is 12.5. The van der Waals surface area contributed by atoms with Crippen LogP contribution in [0.4, 0.5) is 11.4 Å². The number of thioether (sulfide) groups is 1. The summed E-state index contributed by atoms with van der Waals surface area (Å²) in [5.74, 6) is -0.376. The molecule has 7 heteroatoms. The van der Waals surface area contributed by atoms with Gasteiger partial charge in [0.2, 0.25) is 0 Å². The highest BCUT2D eigenvalue weighted by Gasteiger charge is 2.19. The summed E-state index contributed by atoms with van der Waals surface area (Å²) in [5, 5.41) is 14.3. The van der Waals surface area contributed by atoms with Crippen molar-refractivity contribution in [2.75, 3.05) is 5.32 Å². The number of amides is 1. The van der Waals surface area contributed by atoms with E-state index in [-0.39, 0.29) is 22.2 Å². The lowest BCUT2D eigenvalue weighted by Crippen LogP contribution is -2.13. The van der Waals surface area contributed by atoms with Crippen LogP contribution in [0.1, 0.15) is 36.0 Å². The maximum absolute atomic E-state index is 12.5. The van der Waals surface area contributed by atoms with Crippen LogP contribution in [0, 0.1) is 10.1 Å². The van der Waals surface area contributed by atoms with E-state index in [1.165, 1.54) is 43.9 Å². The molecule has 0 unspecified atom stereocenters. The zero-order chi connectivity index (χ0) is 17.8. The minimum Gasteiger partial charge on any atom is -0.321 e. The molecule has 0 atom stereocenters. The van der Waals surface area contributed by atoms with E-state index in [1.807, 2.05) is 24.3 Å². The Morgan fingerprint density at radius 3 is 2.60 bits per heavy atom. The number of nitrogens with zero attached hydrogens (tertiary/aromatic N) is 1. The molecule has 0 saturated heterocycles. The standard InChI is InChI=1S/C18H17ClN2O3S/c19-15-11-12(21(23)24)9-10-14(15)18(22)20-16-7-3-4-8-17(16)25-13-5-1-2-6-13/h3-4,7-11,13H,1-2,5-6H2,(H,20,22). The first kappa shape index (κ1) is 17.8. The molecule has 3 rings (SSSR count). The number of nitrogens with one attached hydrogen (secondary N) is 1. The molecule has 1 saturated carbocycles.